The van der Waals surface area contributed by atoms with Crippen molar-refractivity contribution in [1.82, 2.24) is 5.32 Å². The predicted molar refractivity (Wildman–Crippen MR) is 99.3 cm³/mol. The molecule has 26 heavy (non-hydrogen) atoms. The normalized spacial score (nSPS) is 11.5. The number of hydrogen-bond acceptors (Lipinski definition) is 4. The maximum atomic E-state index is 12.4. The van der Waals surface area contributed by atoms with Gasteiger partial charge in [-0.05, 0) is 49.2 Å². The second kappa shape index (κ2) is 8.80. The largest absolute Gasteiger partial charge is 0.425 e. The lowest BCUT2D eigenvalue weighted by molar-refractivity contribution is -0.137. The third kappa shape index (κ3) is 5.44. The van der Waals surface area contributed by atoms with Crippen molar-refractivity contribution < 1.29 is 19.1 Å². The highest BCUT2D eigenvalue weighted by atomic mass is 16.5. The predicted octanol–water partition coefficient (Wildman–Crippen LogP) is 3.64. The number of amides is 2. The van der Waals surface area contributed by atoms with Gasteiger partial charge in [-0.3, -0.25) is 4.79 Å². The molecule has 1 atom stereocenters. The molecular weight excluding hydrogens is 332 g/mol. The van der Waals surface area contributed by atoms with Crippen LogP contribution < -0.4 is 15.4 Å². The summed E-state index contributed by atoms with van der Waals surface area (Å²) in [6.07, 6.45) is 0. The molecule has 0 aliphatic carbocycles. The second-order valence-electron chi connectivity index (χ2n) is 6.19. The fourth-order valence-corrected chi connectivity index (χ4v) is 2.26. The number of esters is 1. The van der Waals surface area contributed by atoms with Crippen molar-refractivity contribution in [3.8, 4) is 5.75 Å². The molecule has 2 N–H and O–H groups in total. The van der Waals surface area contributed by atoms with Crippen LogP contribution >= 0.6 is 0 Å². The Hall–Kier alpha value is -3.15. The molecule has 0 aliphatic rings. The number of nitrogens with one attached hydrogen (secondary N) is 2. The summed E-state index contributed by atoms with van der Waals surface area (Å²) in [6, 6.07) is 13.9. The van der Waals surface area contributed by atoms with Gasteiger partial charge in [0.25, 0.3) is 0 Å². The lowest BCUT2D eigenvalue weighted by Crippen LogP contribution is -2.48. The van der Waals surface area contributed by atoms with E-state index < -0.39 is 18.0 Å². The van der Waals surface area contributed by atoms with Gasteiger partial charge in [0.05, 0.1) is 0 Å². The van der Waals surface area contributed by atoms with E-state index in [9.17, 15) is 14.4 Å². The maximum Gasteiger partial charge on any atom is 0.334 e. The smallest absolute Gasteiger partial charge is 0.334 e. The average Bonchev–Trinajstić information content (AvgIpc) is 2.60. The van der Waals surface area contributed by atoms with Crippen LogP contribution in [0.2, 0.25) is 0 Å². The van der Waals surface area contributed by atoms with Gasteiger partial charge in [0, 0.05) is 11.3 Å². The quantitative estimate of drug-likeness (QED) is 0.471. The topological polar surface area (TPSA) is 84.5 Å². The van der Waals surface area contributed by atoms with Crippen molar-refractivity contribution in [3.05, 3.63) is 60.2 Å². The van der Waals surface area contributed by atoms with E-state index in [2.05, 4.69) is 10.6 Å². The van der Waals surface area contributed by atoms with Gasteiger partial charge < -0.3 is 15.4 Å². The van der Waals surface area contributed by atoms with Crippen LogP contribution in [-0.4, -0.2) is 23.8 Å². The van der Waals surface area contributed by atoms with E-state index in [1.165, 1.54) is 6.92 Å². The van der Waals surface area contributed by atoms with Crippen molar-refractivity contribution in [2.24, 2.45) is 5.92 Å². The van der Waals surface area contributed by atoms with Gasteiger partial charge in [-0.2, -0.15) is 0 Å². The summed E-state index contributed by atoms with van der Waals surface area (Å²) in [5.74, 6) is -0.489. The number of hydrogen-bond donors (Lipinski definition) is 2. The molecule has 2 aromatic carbocycles. The number of carbonyl (C=O) groups is 3. The van der Waals surface area contributed by atoms with Crippen LogP contribution in [0.3, 0.4) is 0 Å². The van der Waals surface area contributed by atoms with Crippen molar-refractivity contribution in [3.63, 3.8) is 0 Å². The molecule has 0 aliphatic heterocycles. The molecule has 0 unspecified atom stereocenters. The zero-order valence-corrected chi connectivity index (χ0v) is 15.0. The van der Waals surface area contributed by atoms with Crippen LogP contribution in [0, 0.1) is 5.92 Å². The zero-order valence-electron chi connectivity index (χ0n) is 15.0. The fourth-order valence-electron chi connectivity index (χ4n) is 2.26. The van der Waals surface area contributed by atoms with Crippen LogP contribution in [0.15, 0.2) is 54.6 Å². The van der Waals surface area contributed by atoms with E-state index in [0.717, 1.165) is 0 Å². The summed E-state index contributed by atoms with van der Waals surface area (Å²) in [4.78, 5) is 35.9. The van der Waals surface area contributed by atoms with Crippen LogP contribution in [0.1, 0.15) is 31.1 Å². The molecule has 0 fully saturated rings. The first-order valence-electron chi connectivity index (χ1n) is 8.32. The lowest BCUT2D eigenvalue weighted by atomic mass is 10.1. The maximum absolute atomic E-state index is 12.4. The summed E-state index contributed by atoms with van der Waals surface area (Å²) in [7, 11) is 0. The van der Waals surface area contributed by atoms with Gasteiger partial charge in [-0.15, -0.1) is 0 Å². The van der Waals surface area contributed by atoms with Crippen molar-refractivity contribution in [1.29, 1.82) is 0 Å². The molecule has 6 nitrogen and oxygen atoms in total. The minimum Gasteiger partial charge on any atom is -0.425 e. The minimum absolute atomic E-state index is 0.0674. The molecule has 0 spiro atoms. The Balaban J connectivity index is 2.00. The molecule has 0 aromatic heterocycles. The summed E-state index contributed by atoms with van der Waals surface area (Å²) < 4.78 is 5.33. The molecule has 2 amide bonds. The number of carbonyl (C=O) groups excluding carboxylic acids is 3. The van der Waals surface area contributed by atoms with E-state index in [1.54, 1.807) is 48.5 Å². The van der Waals surface area contributed by atoms with Gasteiger partial charge in [0.2, 0.25) is 0 Å². The first-order chi connectivity index (χ1) is 12.4. The number of anilines is 1. The van der Waals surface area contributed by atoms with Crippen molar-refractivity contribution in [2.45, 2.75) is 26.8 Å². The first-order valence-corrected chi connectivity index (χ1v) is 8.32. The van der Waals surface area contributed by atoms with Crippen LogP contribution in [-0.2, 0) is 4.79 Å². The Kier molecular flexibility index (Phi) is 6.49. The summed E-state index contributed by atoms with van der Waals surface area (Å²) in [5.41, 5.74) is 1.16. The van der Waals surface area contributed by atoms with Crippen molar-refractivity contribution >= 4 is 23.5 Å². The molecule has 6 heteroatoms. The fraction of sp³-hybridized carbons (Fsp3) is 0.250. The van der Waals surface area contributed by atoms with E-state index in [4.69, 9.17) is 4.74 Å². The number of ketones is 1. The molecule has 0 saturated carbocycles. The number of benzene rings is 2. The molecular formula is C20H22N2O4. The molecule has 2 rings (SSSR count). The average molecular weight is 354 g/mol. The summed E-state index contributed by atoms with van der Waals surface area (Å²) in [5, 5.41) is 5.31. The molecule has 0 radical (unpaired) electrons. The van der Waals surface area contributed by atoms with Gasteiger partial charge in [-0.1, -0.05) is 32.0 Å². The van der Waals surface area contributed by atoms with E-state index in [-0.39, 0.29) is 11.7 Å². The van der Waals surface area contributed by atoms with Crippen LogP contribution in [0.4, 0.5) is 10.5 Å². The number of Topliss-reactive ketones (excluding diaryl/α,β-unsaturated/α-hetero) is 1. The summed E-state index contributed by atoms with van der Waals surface area (Å²) in [6.45, 7) is 5.09. The Bertz CT molecular complexity index is 770. The van der Waals surface area contributed by atoms with Crippen molar-refractivity contribution in [2.75, 3.05) is 5.32 Å². The Morgan fingerprint density at radius 1 is 0.923 bits per heavy atom. The monoisotopic (exact) mass is 354 g/mol. The van der Waals surface area contributed by atoms with Gasteiger partial charge in [-0.25, -0.2) is 9.59 Å². The van der Waals surface area contributed by atoms with Gasteiger partial charge >= 0.3 is 12.0 Å². The number of urea groups is 1. The number of para-hydroxylation sites is 1. The van der Waals surface area contributed by atoms with E-state index in [0.29, 0.717) is 17.0 Å². The highest BCUT2D eigenvalue weighted by Gasteiger charge is 2.26. The van der Waals surface area contributed by atoms with Crippen LogP contribution in [0.25, 0.3) is 0 Å². The van der Waals surface area contributed by atoms with Crippen LogP contribution in [0.5, 0.6) is 5.75 Å². The Morgan fingerprint density at radius 2 is 1.54 bits per heavy atom. The third-order valence-corrected chi connectivity index (χ3v) is 3.72. The lowest BCUT2D eigenvalue weighted by Gasteiger charge is -2.21. The summed E-state index contributed by atoms with van der Waals surface area (Å²) >= 11 is 0. The Labute approximate surface area is 152 Å². The molecule has 0 heterocycles. The standard InChI is InChI=1S/C20H22N2O4/c1-13(2)18(22-20(25)21-16-7-5-4-6-8-16)19(24)26-17-11-9-15(10-12-17)14(3)23/h4-13,18H,1-3H3,(H2,21,22,25)/t18-/m1/s1. The SMILES string of the molecule is CC(=O)c1ccc(OC(=O)[C@H](NC(=O)Nc2ccccc2)C(C)C)cc1. The highest BCUT2D eigenvalue weighted by Crippen LogP contribution is 2.15. The third-order valence-electron chi connectivity index (χ3n) is 3.72. The number of rotatable bonds is 6. The van der Waals surface area contributed by atoms with Gasteiger partial charge in [0.15, 0.2) is 5.78 Å². The van der Waals surface area contributed by atoms with E-state index in [1.807, 2.05) is 19.9 Å². The molecule has 0 bridgehead atoms. The second-order valence-corrected chi connectivity index (χ2v) is 6.19. The Morgan fingerprint density at radius 3 is 2.08 bits per heavy atom. The number of ether oxygens (including phenoxy) is 1. The minimum atomic E-state index is -0.814. The molecule has 2 aromatic rings. The molecule has 136 valence electrons. The zero-order chi connectivity index (χ0) is 19.1. The first kappa shape index (κ1) is 19.2. The molecule has 0 saturated heterocycles. The van der Waals surface area contributed by atoms with Gasteiger partial charge in [0.1, 0.15) is 11.8 Å². The highest BCUT2D eigenvalue weighted by molar-refractivity contribution is 5.94. The van der Waals surface area contributed by atoms with E-state index >= 15 is 0 Å².